The smallest absolute Gasteiger partial charge is 0.220 e. The quantitative estimate of drug-likeness (QED) is 0.554. The molecule has 1 amide bonds. The molecule has 9 heavy (non-hydrogen) atoms. The summed E-state index contributed by atoms with van der Waals surface area (Å²) in [5, 5.41) is 2.81. The van der Waals surface area contributed by atoms with E-state index >= 15 is 0 Å². The highest BCUT2D eigenvalue weighted by atomic mass is 16.1. The fourth-order valence-corrected chi connectivity index (χ4v) is 1.10. The summed E-state index contributed by atoms with van der Waals surface area (Å²) in [5.74, 6) is 1.44. The van der Waals surface area contributed by atoms with Crippen LogP contribution in [0.25, 0.3) is 0 Å². The van der Waals surface area contributed by atoms with E-state index in [4.69, 9.17) is 0 Å². The summed E-state index contributed by atoms with van der Waals surface area (Å²) in [7, 11) is 0. The topological polar surface area (TPSA) is 29.1 Å². The molecule has 0 bridgehead atoms. The van der Waals surface area contributed by atoms with Crippen LogP contribution in [0, 0.1) is 11.8 Å². The second kappa shape index (κ2) is 2.38. The predicted octanol–water partition coefficient (Wildman–Crippen LogP) is 0.778. The van der Waals surface area contributed by atoms with Crippen LogP contribution in [0.15, 0.2) is 0 Å². The van der Waals surface area contributed by atoms with Crippen LogP contribution in [0.2, 0.25) is 0 Å². The van der Waals surface area contributed by atoms with Gasteiger partial charge in [-0.05, 0) is 11.8 Å². The SMILES string of the molecule is CC(C)[C@H]1CNC(=O)C1. The van der Waals surface area contributed by atoms with E-state index in [0.717, 1.165) is 13.0 Å². The molecule has 1 rings (SSSR count). The minimum absolute atomic E-state index is 0.216. The van der Waals surface area contributed by atoms with E-state index in [9.17, 15) is 4.79 Å². The van der Waals surface area contributed by atoms with Crippen LogP contribution < -0.4 is 5.32 Å². The Morgan fingerprint density at radius 1 is 1.67 bits per heavy atom. The van der Waals surface area contributed by atoms with Crippen LogP contribution in [0.1, 0.15) is 20.3 Å². The molecule has 1 atom stereocenters. The molecule has 1 aliphatic heterocycles. The summed E-state index contributed by atoms with van der Waals surface area (Å²) >= 11 is 0. The van der Waals surface area contributed by atoms with E-state index in [2.05, 4.69) is 19.2 Å². The van der Waals surface area contributed by atoms with Crippen LogP contribution in [-0.2, 0) is 4.79 Å². The van der Waals surface area contributed by atoms with Gasteiger partial charge in [-0.2, -0.15) is 0 Å². The van der Waals surface area contributed by atoms with Gasteiger partial charge in [0.05, 0.1) is 0 Å². The molecule has 2 heteroatoms. The lowest BCUT2D eigenvalue weighted by molar-refractivity contribution is -0.119. The van der Waals surface area contributed by atoms with Gasteiger partial charge in [0.1, 0.15) is 0 Å². The molecular formula is C7H13NO. The maximum absolute atomic E-state index is 10.6. The van der Waals surface area contributed by atoms with Gasteiger partial charge in [0, 0.05) is 13.0 Å². The molecule has 0 unspecified atom stereocenters. The van der Waals surface area contributed by atoms with Crippen molar-refractivity contribution in [2.24, 2.45) is 11.8 Å². The average molecular weight is 127 g/mol. The Kier molecular flexibility index (Phi) is 1.74. The first-order chi connectivity index (χ1) is 4.20. The monoisotopic (exact) mass is 127 g/mol. The largest absolute Gasteiger partial charge is 0.356 e. The predicted molar refractivity (Wildman–Crippen MR) is 36.0 cm³/mol. The number of hydrogen-bond acceptors (Lipinski definition) is 1. The van der Waals surface area contributed by atoms with Gasteiger partial charge < -0.3 is 5.32 Å². The minimum atomic E-state index is 0.216. The van der Waals surface area contributed by atoms with E-state index in [1.54, 1.807) is 0 Å². The standard InChI is InChI=1S/C7H13NO/c1-5(2)6-3-7(9)8-4-6/h5-6H,3-4H2,1-2H3,(H,8,9)/t6-/m1/s1. The third-order valence-corrected chi connectivity index (χ3v) is 1.95. The van der Waals surface area contributed by atoms with Gasteiger partial charge >= 0.3 is 0 Å². The molecule has 1 saturated heterocycles. The Hall–Kier alpha value is -0.530. The number of carbonyl (C=O) groups excluding carboxylic acids is 1. The molecule has 2 nitrogen and oxygen atoms in total. The van der Waals surface area contributed by atoms with Crippen LogP contribution in [0.3, 0.4) is 0 Å². The van der Waals surface area contributed by atoms with Crippen molar-refractivity contribution in [3.63, 3.8) is 0 Å². The zero-order valence-electron chi connectivity index (χ0n) is 5.98. The maximum atomic E-state index is 10.6. The third kappa shape index (κ3) is 1.44. The highest BCUT2D eigenvalue weighted by Crippen LogP contribution is 2.17. The highest BCUT2D eigenvalue weighted by molar-refractivity contribution is 5.78. The van der Waals surface area contributed by atoms with Crippen molar-refractivity contribution in [2.45, 2.75) is 20.3 Å². The van der Waals surface area contributed by atoms with Gasteiger partial charge in [0.25, 0.3) is 0 Å². The second-order valence-electron chi connectivity index (χ2n) is 3.01. The Bertz CT molecular complexity index is 120. The zero-order valence-corrected chi connectivity index (χ0v) is 5.98. The van der Waals surface area contributed by atoms with E-state index in [1.807, 2.05) is 0 Å². The van der Waals surface area contributed by atoms with Gasteiger partial charge in [0.2, 0.25) is 5.91 Å². The lowest BCUT2D eigenvalue weighted by Crippen LogP contribution is -2.15. The molecule has 0 radical (unpaired) electrons. The molecule has 0 saturated carbocycles. The second-order valence-corrected chi connectivity index (χ2v) is 3.01. The van der Waals surface area contributed by atoms with Crippen LogP contribution in [0.4, 0.5) is 0 Å². The van der Waals surface area contributed by atoms with Gasteiger partial charge in [-0.3, -0.25) is 4.79 Å². The van der Waals surface area contributed by atoms with Crippen LogP contribution in [0.5, 0.6) is 0 Å². The Labute approximate surface area is 55.6 Å². The summed E-state index contributed by atoms with van der Waals surface area (Å²) in [4.78, 5) is 10.6. The zero-order chi connectivity index (χ0) is 6.85. The lowest BCUT2D eigenvalue weighted by Gasteiger charge is -2.09. The number of rotatable bonds is 1. The Morgan fingerprint density at radius 2 is 2.33 bits per heavy atom. The molecule has 0 aromatic rings. The van der Waals surface area contributed by atoms with Gasteiger partial charge in [-0.1, -0.05) is 13.8 Å². The maximum Gasteiger partial charge on any atom is 0.220 e. The fourth-order valence-electron chi connectivity index (χ4n) is 1.10. The Balaban J connectivity index is 2.39. The first-order valence-electron chi connectivity index (χ1n) is 3.47. The molecule has 1 N–H and O–H groups in total. The van der Waals surface area contributed by atoms with E-state index in [1.165, 1.54) is 0 Å². The number of hydrogen-bond donors (Lipinski definition) is 1. The van der Waals surface area contributed by atoms with Crippen molar-refractivity contribution in [2.75, 3.05) is 6.54 Å². The van der Waals surface area contributed by atoms with Crippen molar-refractivity contribution < 1.29 is 4.79 Å². The Morgan fingerprint density at radius 3 is 2.56 bits per heavy atom. The molecule has 0 aliphatic carbocycles. The molecule has 0 aromatic carbocycles. The number of carbonyl (C=O) groups is 1. The number of nitrogens with one attached hydrogen (secondary N) is 1. The molecule has 1 heterocycles. The molecular weight excluding hydrogens is 114 g/mol. The van der Waals surface area contributed by atoms with Gasteiger partial charge in [0.15, 0.2) is 0 Å². The van der Waals surface area contributed by atoms with Gasteiger partial charge in [-0.15, -0.1) is 0 Å². The average Bonchev–Trinajstić information content (AvgIpc) is 2.14. The first-order valence-corrected chi connectivity index (χ1v) is 3.47. The fraction of sp³-hybridized carbons (Fsp3) is 0.857. The van der Waals surface area contributed by atoms with Crippen molar-refractivity contribution >= 4 is 5.91 Å². The summed E-state index contributed by atoms with van der Waals surface area (Å²) in [6.45, 7) is 5.20. The summed E-state index contributed by atoms with van der Waals surface area (Å²) in [5.41, 5.74) is 0. The van der Waals surface area contributed by atoms with E-state index < -0.39 is 0 Å². The molecule has 0 spiro atoms. The molecule has 1 aliphatic rings. The van der Waals surface area contributed by atoms with Gasteiger partial charge in [-0.25, -0.2) is 0 Å². The van der Waals surface area contributed by atoms with E-state index in [-0.39, 0.29) is 5.91 Å². The normalized spacial score (nSPS) is 27.0. The molecule has 52 valence electrons. The molecule has 0 aromatic heterocycles. The van der Waals surface area contributed by atoms with Crippen LogP contribution >= 0.6 is 0 Å². The summed E-state index contributed by atoms with van der Waals surface area (Å²) in [6, 6.07) is 0. The highest BCUT2D eigenvalue weighted by Gasteiger charge is 2.23. The van der Waals surface area contributed by atoms with Crippen LogP contribution in [-0.4, -0.2) is 12.5 Å². The van der Waals surface area contributed by atoms with Crippen molar-refractivity contribution in [3.05, 3.63) is 0 Å². The van der Waals surface area contributed by atoms with Crippen molar-refractivity contribution in [1.82, 2.24) is 5.32 Å². The lowest BCUT2D eigenvalue weighted by atomic mass is 9.95. The minimum Gasteiger partial charge on any atom is -0.356 e. The number of amides is 1. The van der Waals surface area contributed by atoms with E-state index in [0.29, 0.717) is 11.8 Å². The van der Waals surface area contributed by atoms with Crippen molar-refractivity contribution in [3.8, 4) is 0 Å². The third-order valence-electron chi connectivity index (χ3n) is 1.95. The first kappa shape index (κ1) is 6.59. The van der Waals surface area contributed by atoms with Crippen molar-refractivity contribution in [1.29, 1.82) is 0 Å². The summed E-state index contributed by atoms with van der Waals surface area (Å²) < 4.78 is 0. The summed E-state index contributed by atoms with van der Waals surface area (Å²) in [6.07, 6.45) is 0.734. The molecule has 1 fully saturated rings.